The molecule has 3 aliphatic rings. The van der Waals surface area contributed by atoms with Crippen LogP contribution in [0.1, 0.15) is 51.9 Å². The Balaban J connectivity index is 1.08. The number of hydrogen-bond acceptors (Lipinski definition) is 5. The fourth-order valence-corrected chi connectivity index (χ4v) is 6.95. The van der Waals surface area contributed by atoms with E-state index in [2.05, 4.69) is 33.0 Å². The minimum Gasteiger partial charge on any atom is -0.343 e. The number of amides is 1. The van der Waals surface area contributed by atoms with E-state index in [1.807, 2.05) is 23.2 Å². The number of carbonyl (C=O) groups excluding carboxylic acids is 1. The predicted octanol–water partition coefficient (Wildman–Crippen LogP) is 6.23. The summed E-state index contributed by atoms with van der Waals surface area (Å²) in [5.74, 6) is 1.29. The van der Waals surface area contributed by atoms with Gasteiger partial charge in [0, 0.05) is 42.7 Å². The van der Waals surface area contributed by atoms with Crippen LogP contribution in [0.3, 0.4) is 0 Å². The molecule has 3 aliphatic heterocycles. The largest absolute Gasteiger partial charge is 0.343 e. The molecule has 0 bridgehead atoms. The minimum atomic E-state index is 0.237. The van der Waals surface area contributed by atoms with Gasteiger partial charge in [-0.15, -0.1) is 0 Å². The normalized spacial score (nSPS) is 19.7. The Morgan fingerprint density at radius 2 is 1.74 bits per heavy atom. The third-order valence-corrected chi connectivity index (χ3v) is 9.32. The van der Waals surface area contributed by atoms with Gasteiger partial charge in [0.25, 0.3) is 0 Å². The van der Waals surface area contributed by atoms with Crippen molar-refractivity contribution in [2.24, 2.45) is 5.41 Å². The van der Waals surface area contributed by atoms with Crippen LogP contribution >= 0.6 is 23.4 Å². The lowest BCUT2D eigenvalue weighted by Crippen LogP contribution is -2.47. The fourth-order valence-electron chi connectivity index (χ4n) is 5.74. The van der Waals surface area contributed by atoms with Gasteiger partial charge < -0.3 is 14.7 Å². The van der Waals surface area contributed by atoms with Crippen LogP contribution in [0.5, 0.6) is 0 Å². The summed E-state index contributed by atoms with van der Waals surface area (Å²) in [4.78, 5) is 25.8. The summed E-state index contributed by atoms with van der Waals surface area (Å²) >= 11 is 8.11. The Labute approximate surface area is 212 Å². The number of unbranched alkanes of at least 4 members (excludes halogenated alkanes) is 2. The van der Waals surface area contributed by atoms with Crippen molar-refractivity contribution < 1.29 is 4.79 Å². The number of halogens is 1. The summed E-state index contributed by atoms with van der Waals surface area (Å²) in [5.41, 5.74) is 1.67. The molecular weight excluding hydrogens is 464 g/mol. The standard InChI is InChI=1S/C27H35ClN4OS/c1-21(33)31-18-11-27(12-19-31)9-16-30(17-10-27)14-3-2-4-15-32-23-20-22(28)7-8-24(23)34-25-6-5-13-29-26(25)32/h5-8,13,20H,2-4,9-12,14-19H2,1H3. The van der Waals surface area contributed by atoms with Gasteiger partial charge in [-0.2, -0.15) is 0 Å². The van der Waals surface area contributed by atoms with Crippen LogP contribution < -0.4 is 4.90 Å². The van der Waals surface area contributed by atoms with Crippen molar-refractivity contribution >= 4 is 40.8 Å². The first-order chi connectivity index (χ1) is 16.5. The average molecular weight is 499 g/mol. The smallest absolute Gasteiger partial charge is 0.219 e. The van der Waals surface area contributed by atoms with Gasteiger partial charge in [-0.1, -0.05) is 29.8 Å². The molecule has 0 aliphatic carbocycles. The Morgan fingerprint density at radius 1 is 1.00 bits per heavy atom. The third kappa shape index (κ3) is 5.24. The number of rotatable bonds is 6. The quantitative estimate of drug-likeness (QED) is 0.441. The number of carbonyl (C=O) groups is 1. The first-order valence-electron chi connectivity index (χ1n) is 12.7. The zero-order valence-electron chi connectivity index (χ0n) is 20.1. The van der Waals surface area contributed by atoms with Crippen LogP contribution in [0, 0.1) is 5.41 Å². The predicted molar refractivity (Wildman–Crippen MR) is 140 cm³/mol. The molecule has 2 aromatic rings. The Kier molecular flexibility index (Phi) is 7.38. The number of anilines is 2. The van der Waals surface area contributed by atoms with E-state index in [1.165, 1.54) is 73.6 Å². The maximum Gasteiger partial charge on any atom is 0.219 e. The molecular formula is C27H35ClN4OS. The monoisotopic (exact) mass is 498 g/mol. The van der Waals surface area contributed by atoms with Crippen LogP contribution in [0.4, 0.5) is 11.5 Å². The van der Waals surface area contributed by atoms with Gasteiger partial charge >= 0.3 is 0 Å². The number of hydrogen-bond donors (Lipinski definition) is 0. The second-order valence-corrected chi connectivity index (χ2v) is 11.6. The molecule has 0 unspecified atom stereocenters. The Hall–Kier alpha value is -1.76. The van der Waals surface area contributed by atoms with Crippen molar-refractivity contribution in [3.05, 3.63) is 41.6 Å². The van der Waals surface area contributed by atoms with Crippen molar-refractivity contribution in [1.29, 1.82) is 0 Å². The lowest BCUT2D eigenvalue weighted by Gasteiger charge is -2.46. The molecule has 5 rings (SSSR count). The Morgan fingerprint density at radius 3 is 2.50 bits per heavy atom. The molecule has 2 fully saturated rings. The number of piperidine rings is 2. The molecule has 1 aromatic carbocycles. The second kappa shape index (κ2) is 10.5. The van der Waals surface area contributed by atoms with E-state index in [1.54, 1.807) is 18.7 Å². The molecule has 1 spiro atoms. The van der Waals surface area contributed by atoms with Crippen LogP contribution in [-0.4, -0.2) is 60.0 Å². The molecule has 0 saturated carbocycles. The van der Waals surface area contributed by atoms with Gasteiger partial charge in [0.05, 0.1) is 10.6 Å². The Bertz CT molecular complexity index is 1010. The van der Waals surface area contributed by atoms with Crippen LogP contribution in [0.2, 0.25) is 5.02 Å². The summed E-state index contributed by atoms with van der Waals surface area (Å²) in [6.45, 7) is 8.21. The maximum absolute atomic E-state index is 11.6. The molecule has 1 amide bonds. The van der Waals surface area contributed by atoms with Gasteiger partial charge in [-0.05, 0) is 93.9 Å². The van der Waals surface area contributed by atoms with Gasteiger partial charge in [0.1, 0.15) is 5.82 Å². The molecule has 0 atom stereocenters. The number of nitrogens with zero attached hydrogens (tertiary/aromatic N) is 4. The lowest BCUT2D eigenvalue weighted by atomic mass is 9.71. The second-order valence-electron chi connectivity index (χ2n) is 10.1. The molecule has 2 saturated heterocycles. The van der Waals surface area contributed by atoms with E-state index in [-0.39, 0.29) is 5.91 Å². The van der Waals surface area contributed by atoms with Gasteiger partial charge in [-0.25, -0.2) is 4.98 Å². The van der Waals surface area contributed by atoms with E-state index < -0.39 is 0 Å². The van der Waals surface area contributed by atoms with Gasteiger partial charge in [0.15, 0.2) is 0 Å². The summed E-state index contributed by atoms with van der Waals surface area (Å²) in [5, 5.41) is 0.776. The van der Waals surface area contributed by atoms with Crippen LogP contribution in [0.15, 0.2) is 46.3 Å². The fraction of sp³-hybridized carbons (Fsp3) is 0.556. The molecule has 0 radical (unpaired) electrons. The van der Waals surface area contributed by atoms with Crippen molar-refractivity contribution in [1.82, 2.24) is 14.8 Å². The van der Waals surface area contributed by atoms with E-state index in [0.717, 1.165) is 36.9 Å². The third-order valence-electron chi connectivity index (χ3n) is 7.98. The highest BCUT2D eigenvalue weighted by atomic mass is 35.5. The van der Waals surface area contributed by atoms with Gasteiger partial charge in [0.2, 0.25) is 5.91 Å². The molecule has 34 heavy (non-hydrogen) atoms. The number of aromatic nitrogens is 1. The zero-order valence-corrected chi connectivity index (χ0v) is 21.7. The highest BCUT2D eigenvalue weighted by Crippen LogP contribution is 2.48. The molecule has 5 nitrogen and oxygen atoms in total. The first-order valence-corrected chi connectivity index (χ1v) is 13.9. The molecule has 182 valence electrons. The first kappa shape index (κ1) is 24.0. The number of fused-ring (bicyclic) bond motifs is 2. The molecule has 0 N–H and O–H groups in total. The highest BCUT2D eigenvalue weighted by molar-refractivity contribution is 7.99. The van der Waals surface area contributed by atoms with Gasteiger partial charge in [-0.3, -0.25) is 4.79 Å². The number of benzene rings is 1. The maximum atomic E-state index is 11.6. The summed E-state index contributed by atoms with van der Waals surface area (Å²) in [6, 6.07) is 10.3. The van der Waals surface area contributed by atoms with Crippen molar-refractivity contribution in [3.63, 3.8) is 0 Å². The van der Waals surface area contributed by atoms with Crippen molar-refractivity contribution in [2.75, 3.05) is 44.2 Å². The molecule has 7 heteroatoms. The summed E-state index contributed by atoms with van der Waals surface area (Å²) < 4.78 is 0. The van der Waals surface area contributed by atoms with E-state index >= 15 is 0 Å². The van der Waals surface area contributed by atoms with Crippen LogP contribution in [0.25, 0.3) is 0 Å². The average Bonchev–Trinajstić information content (AvgIpc) is 2.85. The van der Waals surface area contributed by atoms with E-state index in [0.29, 0.717) is 5.41 Å². The highest BCUT2D eigenvalue weighted by Gasteiger charge is 2.37. The lowest BCUT2D eigenvalue weighted by molar-refractivity contribution is -0.131. The van der Waals surface area contributed by atoms with Crippen LogP contribution in [-0.2, 0) is 4.79 Å². The molecule has 4 heterocycles. The SMILES string of the molecule is CC(=O)N1CCC2(CCN(CCCCCN3c4cc(Cl)ccc4Sc4cccnc43)CC2)CC1. The van der Waals surface area contributed by atoms with E-state index in [9.17, 15) is 4.79 Å². The summed E-state index contributed by atoms with van der Waals surface area (Å²) in [6.07, 6.45) is 10.5. The zero-order chi connectivity index (χ0) is 23.5. The van der Waals surface area contributed by atoms with Crippen molar-refractivity contribution in [2.45, 2.75) is 61.7 Å². The van der Waals surface area contributed by atoms with Crippen molar-refractivity contribution in [3.8, 4) is 0 Å². The number of likely N-dealkylation sites (tertiary alicyclic amines) is 2. The number of pyridine rings is 1. The topological polar surface area (TPSA) is 39.7 Å². The van der Waals surface area contributed by atoms with E-state index in [4.69, 9.17) is 11.6 Å². The summed E-state index contributed by atoms with van der Waals surface area (Å²) in [7, 11) is 0. The molecule has 1 aromatic heterocycles. The minimum absolute atomic E-state index is 0.237.